The van der Waals surface area contributed by atoms with Crippen LogP contribution < -0.4 is 5.32 Å². The van der Waals surface area contributed by atoms with Crippen molar-refractivity contribution in [3.05, 3.63) is 0 Å². The molecule has 0 aromatic heterocycles. The van der Waals surface area contributed by atoms with Crippen LogP contribution in [0.3, 0.4) is 0 Å². The molecule has 5 atom stereocenters. The molecular weight excluding hydrogens is 256 g/mol. The summed E-state index contributed by atoms with van der Waals surface area (Å²) in [6.45, 7) is 15.8. The molecule has 1 saturated heterocycles. The molecule has 124 valence electrons. The molecule has 0 spiro atoms. The maximum Gasteiger partial charge on any atom is 0.0244 e. The van der Waals surface area contributed by atoms with Crippen LogP contribution in [0.25, 0.3) is 0 Å². The van der Waals surface area contributed by atoms with Crippen molar-refractivity contribution < 1.29 is 0 Å². The third kappa shape index (κ3) is 4.45. The molecule has 1 aliphatic carbocycles. The van der Waals surface area contributed by atoms with Crippen LogP contribution in [-0.4, -0.2) is 36.6 Å². The fourth-order valence-corrected chi connectivity index (χ4v) is 4.35. The molecule has 5 unspecified atom stereocenters. The Kier molecular flexibility index (Phi) is 6.55. The third-order valence-electron chi connectivity index (χ3n) is 6.35. The maximum atomic E-state index is 3.84. The minimum atomic E-state index is 0.698. The summed E-state index contributed by atoms with van der Waals surface area (Å²) >= 11 is 0. The number of nitrogens with one attached hydrogen (secondary N) is 1. The van der Waals surface area contributed by atoms with Gasteiger partial charge in [-0.25, -0.2) is 0 Å². The second-order valence-electron chi connectivity index (χ2n) is 8.19. The Bertz CT molecular complexity index is 302. The zero-order valence-corrected chi connectivity index (χ0v) is 15.1. The fraction of sp³-hybridized carbons (Fsp3) is 1.00. The standard InChI is InChI=1S/C19H38N2/c1-6-15(4)18-13-21(19(11-20-18)14(2)3)12-17-10-8-7-9-16(17)5/h14-20H,6-13H2,1-5H3. The van der Waals surface area contributed by atoms with Crippen molar-refractivity contribution in [2.24, 2.45) is 23.7 Å². The van der Waals surface area contributed by atoms with Crippen LogP contribution in [0.4, 0.5) is 0 Å². The number of piperazine rings is 1. The highest BCUT2D eigenvalue weighted by atomic mass is 15.2. The SMILES string of the molecule is CCC(C)C1CN(CC2CCCCC2C)C(C(C)C)CN1. The van der Waals surface area contributed by atoms with Crippen LogP contribution in [0.5, 0.6) is 0 Å². The Balaban J connectivity index is 1.99. The zero-order chi connectivity index (χ0) is 15.4. The van der Waals surface area contributed by atoms with Crippen molar-refractivity contribution in [2.75, 3.05) is 19.6 Å². The third-order valence-corrected chi connectivity index (χ3v) is 6.35. The largest absolute Gasteiger partial charge is 0.311 e. The second-order valence-corrected chi connectivity index (χ2v) is 8.19. The van der Waals surface area contributed by atoms with E-state index in [-0.39, 0.29) is 0 Å². The van der Waals surface area contributed by atoms with Gasteiger partial charge in [0.1, 0.15) is 0 Å². The molecule has 0 bridgehead atoms. The summed E-state index contributed by atoms with van der Waals surface area (Å²) in [6.07, 6.45) is 7.13. The Labute approximate surface area is 133 Å². The van der Waals surface area contributed by atoms with Gasteiger partial charge in [0, 0.05) is 31.7 Å². The van der Waals surface area contributed by atoms with Crippen molar-refractivity contribution in [3.8, 4) is 0 Å². The van der Waals surface area contributed by atoms with E-state index in [4.69, 9.17) is 0 Å². The van der Waals surface area contributed by atoms with Gasteiger partial charge in [-0.2, -0.15) is 0 Å². The van der Waals surface area contributed by atoms with Crippen molar-refractivity contribution in [1.29, 1.82) is 0 Å². The first kappa shape index (κ1) is 17.3. The topological polar surface area (TPSA) is 15.3 Å². The Morgan fingerprint density at radius 3 is 2.48 bits per heavy atom. The summed E-state index contributed by atoms with van der Waals surface area (Å²) in [5, 5.41) is 3.84. The maximum absolute atomic E-state index is 3.84. The summed E-state index contributed by atoms with van der Waals surface area (Å²) in [5.41, 5.74) is 0. The number of nitrogens with zero attached hydrogens (tertiary/aromatic N) is 1. The summed E-state index contributed by atoms with van der Waals surface area (Å²) in [7, 11) is 0. The average molecular weight is 295 g/mol. The summed E-state index contributed by atoms with van der Waals surface area (Å²) < 4.78 is 0. The molecule has 2 rings (SSSR count). The van der Waals surface area contributed by atoms with Crippen molar-refractivity contribution in [1.82, 2.24) is 10.2 Å². The van der Waals surface area contributed by atoms with Gasteiger partial charge in [-0.05, 0) is 30.1 Å². The molecule has 1 saturated carbocycles. The quantitative estimate of drug-likeness (QED) is 0.819. The van der Waals surface area contributed by atoms with Crippen molar-refractivity contribution in [2.45, 2.75) is 78.8 Å². The molecule has 2 aliphatic rings. The molecule has 0 aromatic carbocycles. The van der Waals surface area contributed by atoms with Gasteiger partial charge < -0.3 is 5.32 Å². The van der Waals surface area contributed by atoms with E-state index in [2.05, 4.69) is 44.8 Å². The van der Waals surface area contributed by atoms with Crippen LogP contribution in [0, 0.1) is 23.7 Å². The van der Waals surface area contributed by atoms with E-state index in [1.54, 1.807) is 0 Å². The minimum Gasteiger partial charge on any atom is -0.311 e. The lowest BCUT2D eigenvalue weighted by Gasteiger charge is -2.46. The minimum absolute atomic E-state index is 0.698. The normalized spacial score (nSPS) is 36.9. The van der Waals surface area contributed by atoms with E-state index in [1.165, 1.54) is 51.7 Å². The Hall–Kier alpha value is -0.0800. The van der Waals surface area contributed by atoms with E-state index >= 15 is 0 Å². The molecular formula is C19H38N2. The van der Waals surface area contributed by atoms with Crippen molar-refractivity contribution >= 4 is 0 Å². The highest BCUT2D eigenvalue weighted by Gasteiger charge is 2.34. The predicted octanol–water partition coefficient (Wildman–Crippen LogP) is 4.16. The molecule has 2 fully saturated rings. The molecule has 2 heteroatoms. The Morgan fingerprint density at radius 2 is 1.86 bits per heavy atom. The summed E-state index contributed by atoms with van der Waals surface area (Å²) in [4.78, 5) is 2.85. The second kappa shape index (κ2) is 7.97. The molecule has 1 heterocycles. The highest BCUT2D eigenvalue weighted by molar-refractivity contribution is 4.91. The van der Waals surface area contributed by atoms with E-state index in [9.17, 15) is 0 Å². The van der Waals surface area contributed by atoms with Crippen molar-refractivity contribution in [3.63, 3.8) is 0 Å². The van der Waals surface area contributed by atoms with E-state index in [0.29, 0.717) is 6.04 Å². The van der Waals surface area contributed by atoms with E-state index in [0.717, 1.165) is 29.7 Å². The van der Waals surface area contributed by atoms with Crippen LogP contribution >= 0.6 is 0 Å². The fourth-order valence-electron chi connectivity index (χ4n) is 4.35. The number of hydrogen-bond acceptors (Lipinski definition) is 2. The highest BCUT2D eigenvalue weighted by Crippen LogP contribution is 2.32. The lowest BCUT2D eigenvalue weighted by Crippen LogP contribution is -2.60. The van der Waals surface area contributed by atoms with Gasteiger partial charge in [0.05, 0.1) is 0 Å². The average Bonchev–Trinajstić information content (AvgIpc) is 2.48. The molecule has 0 amide bonds. The van der Waals surface area contributed by atoms with Gasteiger partial charge in [0.2, 0.25) is 0 Å². The van der Waals surface area contributed by atoms with Crippen LogP contribution in [0.1, 0.15) is 66.7 Å². The monoisotopic (exact) mass is 294 g/mol. The lowest BCUT2D eigenvalue weighted by atomic mass is 9.79. The molecule has 1 N–H and O–H groups in total. The number of hydrogen-bond donors (Lipinski definition) is 1. The van der Waals surface area contributed by atoms with Gasteiger partial charge in [-0.1, -0.05) is 60.3 Å². The molecule has 1 aliphatic heterocycles. The van der Waals surface area contributed by atoms with Crippen LogP contribution in [-0.2, 0) is 0 Å². The first-order valence-corrected chi connectivity index (χ1v) is 9.50. The van der Waals surface area contributed by atoms with Gasteiger partial charge in [-0.15, -0.1) is 0 Å². The van der Waals surface area contributed by atoms with Gasteiger partial charge >= 0.3 is 0 Å². The first-order chi connectivity index (χ1) is 10.0. The molecule has 0 aromatic rings. The lowest BCUT2D eigenvalue weighted by molar-refractivity contribution is 0.0499. The number of rotatable bonds is 5. The first-order valence-electron chi connectivity index (χ1n) is 9.50. The van der Waals surface area contributed by atoms with Gasteiger partial charge in [0.15, 0.2) is 0 Å². The summed E-state index contributed by atoms with van der Waals surface area (Å²) in [5.74, 6) is 3.43. The summed E-state index contributed by atoms with van der Waals surface area (Å²) in [6, 6.07) is 1.43. The van der Waals surface area contributed by atoms with Crippen LogP contribution in [0.2, 0.25) is 0 Å². The molecule has 21 heavy (non-hydrogen) atoms. The van der Waals surface area contributed by atoms with E-state index < -0.39 is 0 Å². The van der Waals surface area contributed by atoms with Crippen LogP contribution in [0.15, 0.2) is 0 Å². The molecule has 0 radical (unpaired) electrons. The van der Waals surface area contributed by atoms with E-state index in [1.807, 2.05) is 0 Å². The molecule has 2 nitrogen and oxygen atoms in total. The smallest absolute Gasteiger partial charge is 0.0244 e. The van der Waals surface area contributed by atoms with Gasteiger partial charge in [-0.3, -0.25) is 4.90 Å². The zero-order valence-electron chi connectivity index (χ0n) is 15.1. The predicted molar refractivity (Wildman–Crippen MR) is 92.6 cm³/mol. The Morgan fingerprint density at radius 1 is 1.14 bits per heavy atom. The van der Waals surface area contributed by atoms with Gasteiger partial charge in [0.25, 0.3) is 0 Å².